The summed E-state index contributed by atoms with van der Waals surface area (Å²) in [5, 5.41) is 4.43. The van der Waals surface area contributed by atoms with E-state index < -0.39 is 0 Å². The average Bonchev–Trinajstić information content (AvgIpc) is 2.91. The summed E-state index contributed by atoms with van der Waals surface area (Å²) >= 11 is 3.27. The zero-order valence-electron chi connectivity index (χ0n) is 8.80. The number of halogens is 1. The van der Waals surface area contributed by atoms with Crippen molar-refractivity contribution in [2.24, 2.45) is 5.73 Å². The average molecular weight is 293 g/mol. The highest BCUT2D eigenvalue weighted by Gasteiger charge is 2.16. The molecule has 3 aromatic rings. The quantitative estimate of drug-likeness (QED) is 0.786. The highest BCUT2D eigenvalue weighted by atomic mass is 79.9. The molecule has 5 nitrogen and oxygen atoms in total. The third-order valence-corrected chi connectivity index (χ3v) is 2.93. The van der Waals surface area contributed by atoms with Crippen LogP contribution in [0.25, 0.3) is 17.1 Å². The number of nitrogens with two attached hydrogens (primary N) is 1. The van der Waals surface area contributed by atoms with Gasteiger partial charge in [0, 0.05) is 24.5 Å². The molecule has 86 valence electrons. The molecule has 0 radical (unpaired) electrons. The van der Waals surface area contributed by atoms with Gasteiger partial charge in [-0.3, -0.25) is 0 Å². The standard InChI is InChI=1S/C11H9BrN4O/c12-9-3-2-8(17-9)10-7(6-13)11-14-4-1-5-16(11)15-10/h1-5H,6,13H2. The fraction of sp³-hybridized carbons (Fsp3) is 0.0909. The minimum atomic E-state index is 0.369. The van der Waals surface area contributed by atoms with Crippen LogP contribution in [-0.4, -0.2) is 14.6 Å². The number of rotatable bonds is 2. The Morgan fingerprint density at radius 3 is 3.00 bits per heavy atom. The molecule has 0 aliphatic carbocycles. The molecule has 6 heteroatoms. The van der Waals surface area contributed by atoms with Crippen LogP contribution in [0.3, 0.4) is 0 Å². The molecule has 3 rings (SSSR count). The van der Waals surface area contributed by atoms with Crippen LogP contribution < -0.4 is 5.73 Å². The first-order valence-electron chi connectivity index (χ1n) is 5.07. The van der Waals surface area contributed by atoms with E-state index in [1.807, 2.05) is 24.4 Å². The van der Waals surface area contributed by atoms with Crippen LogP contribution in [0.15, 0.2) is 39.7 Å². The van der Waals surface area contributed by atoms with Crippen LogP contribution in [0.5, 0.6) is 0 Å². The fourth-order valence-corrected chi connectivity index (χ4v) is 2.07. The van der Waals surface area contributed by atoms with Gasteiger partial charge in [-0.05, 0) is 34.1 Å². The van der Waals surface area contributed by atoms with Crippen molar-refractivity contribution in [2.45, 2.75) is 6.54 Å². The summed E-state index contributed by atoms with van der Waals surface area (Å²) in [6, 6.07) is 5.50. The minimum absolute atomic E-state index is 0.369. The zero-order valence-corrected chi connectivity index (χ0v) is 10.4. The van der Waals surface area contributed by atoms with Crippen molar-refractivity contribution in [2.75, 3.05) is 0 Å². The maximum Gasteiger partial charge on any atom is 0.169 e. The van der Waals surface area contributed by atoms with Crippen molar-refractivity contribution in [1.29, 1.82) is 0 Å². The maximum atomic E-state index is 5.76. The SMILES string of the molecule is NCc1c(-c2ccc(Br)o2)nn2cccnc12. The lowest BCUT2D eigenvalue weighted by molar-refractivity contribution is 0.552. The molecule has 0 unspecified atom stereocenters. The van der Waals surface area contributed by atoms with Crippen molar-refractivity contribution in [3.63, 3.8) is 0 Å². The lowest BCUT2D eigenvalue weighted by atomic mass is 10.2. The summed E-state index contributed by atoms with van der Waals surface area (Å²) in [6.45, 7) is 0.369. The predicted octanol–water partition coefficient (Wildman–Crippen LogP) is 2.21. The lowest BCUT2D eigenvalue weighted by Crippen LogP contribution is -1.98. The van der Waals surface area contributed by atoms with Crippen LogP contribution in [0.1, 0.15) is 5.56 Å². The number of aromatic nitrogens is 3. The van der Waals surface area contributed by atoms with E-state index >= 15 is 0 Å². The Morgan fingerprint density at radius 2 is 2.29 bits per heavy atom. The molecular formula is C11H9BrN4O. The number of fused-ring (bicyclic) bond motifs is 1. The normalized spacial score (nSPS) is 11.2. The van der Waals surface area contributed by atoms with Crippen molar-refractivity contribution >= 4 is 21.6 Å². The van der Waals surface area contributed by atoms with Gasteiger partial charge in [-0.1, -0.05) is 0 Å². The third kappa shape index (κ3) is 1.65. The van der Waals surface area contributed by atoms with E-state index in [-0.39, 0.29) is 0 Å². The molecule has 0 aliphatic heterocycles. The smallest absolute Gasteiger partial charge is 0.169 e. The van der Waals surface area contributed by atoms with Gasteiger partial charge in [0.25, 0.3) is 0 Å². The van der Waals surface area contributed by atoms with Gasteiger partial charge >= 0.3 is 0 Å². The molecule has 0 atom stereocenters. The second-order valence-electron chi connectivity index (χ2n) is 3.52. The molecule has 3 aromatic heterocycles. The van der Waals surface area contributed by atoms with Gasteiger partial charge in [-0.15, -0.1) is 0 Å². The van der Waals surface area contributed by atoms with Gasteiger partial charge < -0.3 is 10.2 Å². The second-order valence-corrected chi connectivity index (χ2v) is 4.30. The van der Waals surface area contributed by atoms with E-state index in [0.717, 1.165) is 16.9 Å². The van der Waals surface area contributed by atoms with E-state index in [2.05, 4.69) is 26.0 Å². The van der Waals surface area contributed by atoms with Crippen LogP contribution in [0.2, 0.25) is 0 Å². The monoisotopic (exact) mass is 292 g/mol. The molecule has 0 amide bonds. The van der Waals surface area contributed by atoms with Gasteiger partial charge in [-0.2, -0.15) is 5.10 Å². The third-order valence-electron chi connectivity index (χ3n) is 2.50. The molecule has 0 aliphatic rings. The molecule has 17 heavy (non-hydrogen) atoms. The van der Waals surface area contributed by atoms with Crippen molar-refractivity contribution in [1.82, 2.24) is 14.6 Å². The van der Waals surface area contributed by atoms with Crippen LogP contribution in [-0.2, 0) is 6.54 Å². The largest absolute Gasteiger partial charge is 0.448 e. The van der Waals surface area contributed by atoms with E-state index in [1.165, 1.54) is 0 Å². The van der Waals surface area contributed by atoms with Crippen LogP contribution in [0, 0.1) is 0 Å². The molecule has 0 saturated carbocycles. The van der Waals surface area contributed by atoms with E-state index in [9.17, 15) is 0 Å². The van der Waals surface area contributed by atoms with E-state index in [0.29, 0.717) is 17.0 Å². The highest BCUT2D eigenvalue weighted by molar-refractivity contribution is 9.10. The van der Waals surface area contributed by atoms with Gasteiger partial charge in [0.2, 0.25) is 0 Å². The predicted molar refractivity (Wildman–Crippen MR) is 66.3 cm³/mol. The molecule has 3 heterocycles. The van der Waals surface area contributed by atoms with E-state index in [4.69, 9.17) is 10.2 Å². The Balaban J connectivity index is 2.29. The topological polar surface area (TPSA) is 69.3 Å². The van der Waals surface area contributed by atoms with Crippen molar-refractivity contribution in [3.05, 3.63) is 40.8 Å². The summed E-state index contributed by atoms with van der Waals surface area (Å²) in [4.78, 5) is 4.27. The summed E-state index contributed by atoms with van der Waals surface area (Å²) in [7, 11) is 0. The Labute approximate surface area is 105 Å². The molecule has 0 fully saturated rings. The summed E-state index contributed by atoms with van der Waals surface area (Å²) in [6.07, 6.45) is 3.56. The molecule has 0 spiro atoms. The number of nitrogens with zero attached hydrogens (tertiary/aromatic N) is 3. The molecule has 0 saturated heterocycles. The Bertz CT molecular complexity index is 673. The van der Waals surface area contributed by atoms with Gasteiger partial charge in [-0.25, -0.2) is 9.50 Å². The Morgan fingerprint density at radius 1 is 1.41 bits per heavy atom. The number of hydrogen-bond donors (Lipinski definition) is 1. The highest BCUT2D eigenvalue weighted by Crippen LogP contribution is 2.28. The molecule has 0 bridgehead atoms. The zero-order chi connectivity index (χ0) is 11.8. The second kappa shape index (κ2) is 3.97. The van der Waals surface area contributed by atoms with E-state index in [1.54, 1.807) is 10.7 Å². The van der Waals surface area contributed by atoms with Crippen LogP contribution >= 0.6 is 15.9 Å². The molecule has 0 aromatic carbocycles. The number of hydrogen-bond acceptors (Lipinski definition) is 4. The lowest BCUT2D eigenvalue weighted by Gasteiger charge is -1.95. The Hall–Kier alpha value is -1.66. The minimum Gasteiger partial charge on any atom is -0.448 e. The van der Waals surface area contributed by atoms with Crippen molar-refractivity contribution < 1.29 is 4.42 Å². The van der Waals surface area contributed by atoms with Crippen molar-refractivity contribution in [3.8, 4) is 11.5 Å². The maximum absolute atomic E-state index is 5.76. The summed E-state index contributed by atoms with van der Waals surface area (Å²) in [5.74, 6) is 0.683. The molecular weight excluding hydrogens is 284 g/mol. The fourth-order valence-electron chi connectivity index (χ4n) is 1.76. The van der Waals surface area contributed by atoms with Gasteiger partial charge in [0.15, 0.2) is 16.1 Å². The first kappa shape index (κ1) is 10.5. The Kier molecular flexibility index (Phi) is 2.45. The first-order valence-corrected chi connectivity index (χ1v) is 5.87. The first-order chi connectivity index (χ1) is 8.29. The molecule has 2 N–H and O–H groups in total. The van der Waals surface area contributed by atoms with Gasteiger partial charge in [0.05, 0.1) is 0 Å². The summed E-state index contributed by atoms with van der Waals surface area (Å²) < 4.78 is 7.87. The van der Waals surface area contributed by atoms with Gasteiger partial charge in [0.1, 0.15) is 5.69 Å². The van der Waals surface area contributed by atoms with Crippen LogP contribution in [0.4, 0.5) is 0 Å². The summed E-state index contributed by atoms with van der Waals surface area (Å²) in [5.41, 5.74) is 8.14. The number of furan rings is 1.